The van der Waals surface area contributed by atoms with Gasteiger partial charge in [-0.1, -0.05) is 65.5 Å². The minimum Gasteiger partial charge on any atom is -0.324 e. The molecule has 3 aromatic carbocycles. The molecule has 3 nitrogen and oxygen atoms in total. The van der Waals surface area contributed by atoms with E-state index in [2.05, 4.69) is 56.4 Å². The zero-order chi connectivity index (χ0) is 21.8. The van der Waals surface area contributed by atoms with Gasteiger partial charge in [-0.25, -0.2) is 4.98 Å². The lowest BCUT2D eigenvalue weighted by molar-refractivity contribution is -0.113. The summed E-state index contributed by atoms with van der Waals surface area (Å²) in [6.45, 7) is 6.29. The van der Waals surface area contributed by atoms with E-state index in [0.717, 1.165) is 31.6 Å². The Bertz CT molecular complexity index is 1240. The monoisotopic (exact) mass is 444 g/mol. The van der Waals surface area contributed by atoms with Gasteiger partial charge in [-0.2, -0.15) is 0 Å². The van der Waals surface area contributed by atoms with Crippen molar-refractivity contribution in [1.29, 1.82) is 0 Å². The average molecular weight is 445 g/mol. The molecular formula is C26H24N2OS2. The van der Waals surface area contributed by atoms with Crippen LogP contribution in [-0.2, 0) is 4.79 Å². The number of pyridine rings is 1. The highest BCUT2D eigenvalue weighted by molar-refractivity contribution is 8.00. The Kier molecular flexibility index (Phi) is 6.64. The Morgan fingerprint density at radius 3 is 2.45 bits per heavy atom. The summed E-state index contributed by atoms with van der Waals surface area (Å²) in [6, 6.07) is 24.5. The number of para-hydroxylation sites is 1. The molecule has 31 heavy (non-hydrogen) atoms. The number of carbonyl (C=O) groups is 1. The Labute approximate surface area is 191 Å². The summed E-state index contributed by atoms with van der Waals surface area (Å²) < 4.78 is 0. The summed E-state index contributed by atoms with van der Waals surface area (Å²) >= 11 is 3.11. The molecule has 4 aromatic rings. The quantitative estimate of drug-likeness (QED) is 0.324. The largest absolute Gasteiger partial charge is 0.324 e. The number of rotatable bonds is 6. The van der Waals surface area contributed by atoms with E-state index in [0.29, 0.717) is 5.75 Å². The lowest BCUT2D eigenvalue weighted by Crippen LogP contribution is -2.14. The van der Waals surface area contributed by atoms with Crippen molar-refractivity contribution in [3.05, 3.63) is 89.5 Å². The van der Waals surface area contributed by atoms with Crippen LogP contribution in [-0.4, -0.2) is 16.6 Å². The topological polar surface area (TPSA) is 42.0 Å². The molecular weight excluding hydrogens is 420 g/mol. The molecule has 0 atom stereocenters. The maximum Gasteiger partial charge on any atom is 0.234 e. The summed E-state index contributed by atoms with van der Waals surface area (Å²) in [6.07, 6.45) is 0. The van der Waals surface area contributed by atoms with E-state index in [-0.39, 0.29) is 5.91 Å². The van der Waals surface area contributed by atoms with Crippen molar-refractivity contribution >= 4 is 46.0 Å². The summed E-state index contributed by atoms with van der Waals surface area (Å²) in [5, 5.41) is 5.12. The Balaban J connectivity index is 1.46. The van der Waals surface area contributed by atoms with Crippen molar-refractivity contribution in [2.45, 2.75) is 35.6 Å². The number of nitrogens with zero attached hydrogens (tertiary/aromatic N) is 1. The number of thioether (sulfide) groups is 1. The maximum atomic E-state index is 12.7. The predicted molar refractivity (Wildman–Crippen MR) is 132 cm³/mol. The number of anilines is 1. The second kappa shape index (κ2) is 9.58. The van der Waals surface area contributed by atoms with Crippen molar-refractivity contribution < 1.29 is 4.79 Å². The van der Waals surface area contributed by atoms with Gasteiger partial charge in [0, 0.05) is 15.2 Å². The van der Waals surface area contributed by atoms with Crippen molar-refractivity contribution in [2.24, 2.45) is 0 Å². The third-order valence-corrected chi connectivity index (χ3v) is 6.91. The molecule has 0 bridgehead atoms. The van der Waals surface area contributed by atoms with Crippen LogP contribution in [0, 0.1) is 20.8 Å². The zero-order valence-electron chi connectivity index (χ0n) is 17.8. The number of fused-ring (bicyclic) bond motifs is 1. The second-order valence-corrected chi connectivity index (χ2v) is 9.61. The van der Waals surface area contributed by atoms with E-state index in [1.165, 1.54) is 28.3 Å². The van der Waals surface area contributed by atoms with Crippen LogP contribution < -0.4 is 5.32 Å². The summed E-state index contributed by atoms with van der Waals surface area (Å²) in [7, 11) is 0. The molecule has 1 N–H and O–H groups in total. The van der Waals surface area contributed by atoms with Crippen LogP contribution in [0.15, 0.2) is 87.6 Å². The van der Waals surface area contributed by atoms with E-state index in [9.17, 15) is 4.79 Å². The molecule has 0 aliphatic heterocycles. The van der Waals surface area contributed by atoms with Crippen LogP contribution >= 0.6 is 23.5 Å². The number of aromatic nitrogens is 1. The molecule has 0 spiro atoms. The van der Waals surface area contributed by atoms with Crippen molar-refractivity contribution in [3.63, 3.8) is 0 Å². The molecule has 1 heterocycles. The van der Waals surface area contributed by atoms with Crippen LogP contribution in [0.4, 0.5) is 5.69 Å². The molecule has 0 unspecified atom stereocenters. The van der Waals surface area contributed by atoms with Crippen molar-refractivity contribution in [2.75, 3.05) is 11.1 Å². The maximum absolute atomic E-state index is 12.7. The van der Waals surface area contributed by atoms with E-state index < -0.39 is 0 Å². The molecule has 1 amide bonds. The normalized spacial score (nSPS) is 10.9. The van der Waals surface area contributed by atoms with Gasteiger partial charge < -0.3 is 5.32 Å². The lowest BCUT2D eigenvalue weighted by Gasteiger charge is -2.12. The third-order valence-electron chi connectivity index (χ3n) is 4.91. The summed E-state index contributed by atoms with van der Waals surface area (Å²) in [5.74, 6) is 0.277. The number of amides is 1. The van der Waals surface area contributed by atoms with E-state index in [1.807, 2.05) is 42.5 Å². The predicted octanol–water partition coefficient (Wildman–Crippen LogP) is 7.04. The van der Waals surface area contributed by atoms with Crippen LogP contribution in [0.3, 0.4) is 0 Å². The van der Waals surface area contributed by atoms with E-state index in [1.54, 1.807) is 11.8 Å². The average Bonchev–Trinajstić information content (AvgIpc) is 2.75. The van der Waals surface area contributed by atoms with Gasteiger partial charge in [-0.05, 0) is 68.3 Å². The Morgan fingerprint density at radius 1 is 0.903 bits per heavy atom. The van der Waals surface area contributed by atoms with Gasteiger partial charge in [0.25, 0.3) is 0 Å². The van der Waals surface area contributed by atoms with Crippen molar-refractivity contribution in [3.8, 4) is 0 Å². The smallest absolute Gasteiger partial charge is 0.234 e. The van der Waals surface area contributed by atoms with Gasteiger partial charge in [-0.15, -0.1) is 0 Å². The van der Waals surface area contributed by atoms with Gasteiger partial charge in [0.15, 0.2) is 0 Å². The van der Waals surface area contributed by atoms with Crippen LogP contribution in [0.25, 0.3) is 10.9 Å². The summed E-state index contributed by atoms with van der Waals surface area (Å²) in [5.41, 5.74) is 5.43. The summed E-state index contributed by atoms with van der Waals surface area (Å²) in [4.78, 5) is 19.7. The van der Waals surface area contributed by atoms with Crippen molar-refractivity contribution in [1.82, 2.24) is 4.98 Å². The molecule has 0 aliphatic carbocycles. The zero-order valence-corrected chi connectivity index (χ0v) is 19.4. The second-order valence-electron chi connectivity index (χ2n) is 7.50. The van der Waals surface area contributed by atoms with Gasteiger partial charge in [0.1, 0.15) is 0 Å². The molecule has 156 valence electrons. The fourth-order valence-electron chi connectivity index (χ4n) is 3.49. The number of hydrogen-bond donors (Lipinski definition) is 1. The van der Waals surface area contributed by atoms with Gasteiger partial charge >= 0.3 is 0 Å². The Hall–Kier alpha value is -2.76. The highest BCUT2D eigenvalue weighted by Gasteiger charge is 2.11. The van der Waals surface area contributed by atoms with Crippen LogP contribution in [0.1, 0.15) is 16.7 Å². The highest BCUT2D eigenvalue weighted by atomic mass is 32.2. The third kappa shape index (κ3) is 5.30. The van der Waals surface area contributed by atoms with Crippen LogP contribution in [0.2, 0.25) is 0 Å². The first-order valence-electron chi connectivity index (χ1n) is 10.1. The first-order valence-corrected chi connectivity index (χ1v) is 11.9. The minimum atomic E-state index is -0.0358. The number of benzene rings is 3. The molecule has 0 radical (unpaired) electrons. The molecule has 0 saturated carbocycles. The SMILES string of the molecule is Cc1cc(C)c2nc(SCC(=O)Nc3ccccc3Sc3ccccc3)cc(C)c2c1. The standard InChI is InChI=1S/C26H24N2OS2/c1-17-13-19(3)26-21(14-17)18(2)15-25(28-26)30-16-24(29)27-22-11-7-8-12-23(22)31-20-9-5-4-6-10-20/h4-15H,16H2,1-3H3,(H,27,29). The fourth-order valence-corrected chi connectivity index (χ4v) is 5.18. The number of nitrogens with one attached hydrogen (secondary N) is 1. The van der Waals surface area contributed by atoms with Crippen LogP contribution in [0.5, 0.6) is 0 Å². The highest BCUT2D eigenvalue weighted by Crippen LogP contribution is 2.33. The number of aryl methyl sites for hydroxylation is 3. The Morgan fingerprint density at radius 2 is 1.65 bits per heavy atom. The molecule has 1 aromatic heterocycles. The molecule has 5 heteroatoms. The number of hydrogen-bond acceptors (Lipinski definition) is 4. The first-order chi connectivity index (χ1) is 15.0. The molecule has 0 fully saturated rings. The van der Waals surface area contributed by atoms with E-state index >= 15 is 0 Å². The van der Waals surface area contributed by atoms with Gasteiger partial charge in [0.2, 0.25) is 5.91 Å². The molecule has 0 aliphatic rings. The molecule has 0 saturated heterocycles. The van der Waals surface area contributed by atoms with Gasteiger partial charge in [-0.3, -0.25) is 4.79 Å². The number of carbonyl (C=O) groups excluding carboxylic acids is 1. The fraction of sp³-hybridized carbons (Fsp3) is 0.154. The van der Waals surface area contributed by atoms with E-state index in [4.69, 9.17) is 4.98 Å². The minimum absolute atomic E-state index is 0.0358. The molecule has 4 rings (SSSR count). The van der Waals surface area contributed by atoms with Gasteiger partial charge in [0.05, 0.1) is 22.0 Å². The first kappa shape index (κ1) is 21.5. The lowest BCUT2D eigenvalue weighted by atomic mass is 10.0.